The SMILES string of the molecule is COC(=O)c1cc2cc(N(SC(F)(F)F)S(=O)(=O)C(F)(F)F)ccc2s1. The zero-order chi connectivity index (χ0) is 19.9. The zero-order valence-corrected chi connectivity index (χ0v) is 14.8. The second-order valence-corrected chi connectivity index (χ2v) is 8.64. The highest BCUT2D eigenvalue weighted by atomic mass is 32.3. The molecule has 0 atom stereocenters. The lowest BCUT2D eigenvalue weighted by Gasteiger charge is -2.24. The van der Waals surface area contributed by atoms with Gasteiger partial charge in [0.05, 0.1) is 24.7 Å². The second-order valence-electron chi connectivity index (χ2n) is 4.54. The molecule has 2 rings (SSSR count). The first-order chi connectivity index (χ1) is 11.8. The normalized spacial score (nSPS) is 13.0. The number of thiophene rings is 1. The summed E-state index contributed by atoms with van der Waals surface area (Å²) in [4.78, 5) is 11.5. The van der Waals surface area contributed by atoms with Crippen molar-refractivity contribution in [3.63, 3.8) is 0 Å². The van der Waals surface area contributed by atoms with Crippen LogP contribution >= 0.6 is 23.3 Å². The molecule has 1 aromatic heterocycles. The third-order valence-corrected chi connectivity index (χ3v) is 6.52. The minimum Gasteiger partial charge on any atom is -0.465 e. The summed E-state index contributed by atoms with van der Waals surface area (Å²) in [6.07, 6.45) is 0. The van der Waals surface area contributed by atoms with Gasteiger partial charge in [0.1, 0.15) is 4.88 Å². The monoisotopic (exact) mass is 439 g/mol. The van der Waals surface area contributed by atoms with Crippen LogP contribution in [0.25, 0.3) is 10.1 Å². The molecule has 144 valence electrons. The molecular weight excluding hydrogens is 432 g/mol. The maximum absolute atomic E-state index is 12.7. The minimum absolute atomic E-state index is 0.0494. The highest BCUT2D eigenvalue weighted by Crippen LogP contribution is 2.44. The van der Waals surface area contributed by atoms with Gasteiger partial charge in [-0.15, -0.1) is 11.3 Å². The molecule has 26 heavy (non-hydrogen) atoms. The maximum atomic E-state index is 12.7. The van der Waals surface area contributed by atoms with Gasteiger partial charge >= 0.3 is 27.0 Å². The van der Waals surface area contributed by atoms with E-state index in [1.807, 2.05) is 0 Å². The van der Waals surface area contributed by atoms with Crippen LogP contribution in [0.4, 0.5) is 32.0 Å². The number of halogens is 6. The van der Waals surface area contributed by atoms with Gasteiger partial charge < -0.3 is 4.74 Å². The van der Waals surface area contributed by atoms with Crippen LogP contribution in [0, 0.1) is 0 Å². The quantitative estimate of drug-likeness (QED) is 0.399. The Hall–Kier alpha value is -1.67. The molecule has 0 unspecified atom stereocenters. The van der Waals surface area contributed by atoms with Gasteiger partial charge in [-0.25, -0.2) is 4.79 Å². The second kappa shape index (κ2) is 6.81. The van der Waals surface area contributed by atoms with Crippen molar-refractivity contribution in [3.8, 4) is 0 Å². The Morgan fingerprint density at radius 3 is 2.27 bits per heavy atom. The van der Waals surface area contributed by atoms with Crippen molar-refractivity contribution < 1.29 is 44.3 Å². The Kier molecular flexibility index (Phi) is 5.41. The van der Waals surface area contributed by atoms with Crippen LogP contribution in [0.2, 0.25) is 0 Å². The summed E-state index contributed by atoms with van der Waals surface area (Å²) < 4.78 is 103. The van der Waals surface area contributed by atoms with Gasteiger partial charge in [0.25, 0.3) is 0 Å². The summed E-state index contributed by atoms with van der Waals surface area (Å²) in [5.41, 5.74) is -12.1. The summed E-state index contributed by atoms with van der Waals surface area (Å²) in [6, 6.07) is 3.87. The van der Waals surface area contributed by atoms with Gasteiger partial charge in [-0.05, 0) is 29.7 Å². The summed E-state index contributed by atoms with van der Waals surface area (Å²) >= 11 is -0.565. The lowest BCUT2D eigenvalue weighted by molar-refractivity contribution is -0.0437. The highest BCUT2D eigenvalue weighted by molar-refractivity contribution is 8.15. The Morgan fingerprint density at radius 2 is 1.77 bits per heavy atom. The van der Waals surface area contributed by atoms with E-state index in [4.69, 9.17) is 0 Å². The molecule has 1 aromatic carbocycles. The number of benzene rings is 1. The van der Waals surface area contributed by atoms with Crippen LogP contribution in [0.5, 0.6) is 0 Å². The number of hydrogen-bond acceptors (Lipinski definition) is 6. The van der Waals surface area contributed by atoms with E-state index in [0.717, 1.165) is 36.6 Å². The molecule has 0 aliphatic heterocycles. The predicted molar refractivity (Wildman–Crippen MR) is 84.3 cm³/mol. The van der Waals surface area contributed by atoms with E-state index >= 15 is 0 Å². The van der Waals surface area contributed by atoms with E-state index < -0.39 is 48.4 Å². The molecule has 0 bridgehead atoms. The standard InChI is InChI=1S/C12H7F6NO4S3/c1-23-10(20)9-5-6-4-7(2-3-8(6)24-9)19(25-11(13,14)15)26(21,22)12(16,17)18/h2-5H,1H3. The van der Waals surface area contributed by atoms with Crippen LogP contribution in [-0.2, 0) is 14.8 Å². The molecule has 0 fully saturated rings. The van der Waals surface area contributed by atoms with Gasteiger partial charge in [-0.3, -0.25) is 0 Å². The number of ether oxygens (including phenoxy) is 1. The molecule has 0 saturated heterocycles. The third kappa shape index (κ3) is 4.17. The number of esters is 1. The van der Waals surface area contributed by atoms with E-state index in [2.05, 4.69) is 4.74 Å². The number of rotatable bonds is 4. The molecule has 0 spiro atoms. The van der Waals surface area contributed by atoms with E-state index in [1.165, 1.54) is 6.07 Å². The molecule has 14 heteroatoms. The number of fused-ring (bicyclic) bond motifs is 1. The van der Waals surface area contributed by atoms with Crippen molar-refractivity contribution in [2.24, 2.45) is 0 Å². The maximum Gasteiger partial charge on any atom is 0.517 e. The first-order valence-corrected chi connectivity index (χ1v) is 9.28. The van der Waals surface area contributed by atoms with Gasteiger partial charge in [-0.2, -0.15) is 38.5 Å². The summed E-state index contributed by atoms with van der Waals surface area (Å²) in [5, 5.41) is 0.0815. The molecular formula is C12H7F6NO4S3. The number of nitrogens with zero attached hydrogens (tertiary/aromatic N) is 1. The molecule has 0 amide bonds. The fourth-order valence-electron chi connectivity index (χ4n) is 1.77. The largest absolute Gasteiger partial charge is 0.517 e. The van der Waals surface area contributed by atoms with Crippen LogP contribution < -0.4 is 3.71 Å². The fourth-order valence-corrected chi connectivity index (χ4v) is 4.62. The number of hydrogen-bond donors (Lipinski definition) is 0. The van der Waals surface area contributed by atoms with Gasteiger partial charge in [0.15, 0.2) is 0 Å². The molecule has 1 heterocycles. The highest BCUT2D eigenvalue weighted by Gasteiger charge is 2.53. The van der Waals surface area contributed by atoms with E-state index in [9.17, 15) is 39.6 Å². The van der Waals surface area contributed by atoms with Crippen molar-refractivity contribution in [2.75, 3.05) is 10.8 Å². The molecule has 2 aromatic rings. The average molecular weight is 439 g/mol. The number of alkyl halides is 6. The number of methoxy groups -OCH3 is 1. The first-order valence-electron chi connectivity index (χ1n) is 6.25. The Balaban J connectivity index is 2.59. The number of carbonyl (C=O) groups excluding carboxylic acids is 1. The lowest BCUT2D eigenvalue weighted by Crippen LogP contribution is -2.38. The molecule has 5 nitrogen and oxygen atoms in total. The molecule has 0 N–H and O–H groups in total. The summed E-state index contributed by atoms with van der Waals surface area (Å²) in [7, 11) is -5.23. The van der Waals surface area contributed by atoms with Crippen LogP contribution in [0.15, 0.2) is 24.3 Å². The van der Waals surface area contributed by atoms with Gasteiger partial charge in [-0.1, -0.05) is 0 Å². The van der Waals surface area contributed by atoms with Crippen molar-refractivity contribution in [3.05, 3.63) is 29.1 Å². The fraction of sp³-hybridized carbons (Fsp3) is 0.250. The first kappa shape index (κ1) is 20.6. The predicted octanol–water partition coefficient (Wildman–Crippen LogP) is 4.51. The third-order valence-electron chi connectivity index (χ3n) is 2.79. The van der Waals surface area contributed by atoms with Crippen LogP contribution in [-0.4, -0.2) is 32.5 Å². The van der Waals surface area contributed by atoms with Crippen molar-refractivity contribution in [1.82, 2.24) is 0 Å². The molecule has 0 radical (unpaired) electrons. The summed E-state index contributed by atoms with van der Waals surface area (Å²) in [5.74, 6) is -0.753. The lowest BCUT2D eigenvalue weighted by atomic mass is 10.2. The average Bonchev–Trinajstić information content (AvgIpc) is 2.92. The van der Waals surface area contributed by atoms with Crippen molar-refractivity contribution in [2.45, 2.75) is 11.0 Å². The topological polar surface area (TPSA) is 63.7 Å². The number of anilines is 1. The van der Waals surface area contributed by atoms with Gasteiger partial charge in [0, 0.05) is 4.70 Å². The van der Waals surface area contributed by atoms with E-state index in [0.29, 0.717) is 4.70 Å². The number of sulfonamides is 1. The van der Waals surface area contributed by atoms with Crippen LogP contribution in [0.3, 0.4) is 0 Å². The number of carbonyl (C=O) groups is 1. The van der Waals surface area contributed by atoms with Gasteiger partial charge in [0.2, 0.25) is 0 Å². The summed E-state index contributed by atoms with van der Waals surface area (Å²) in [6.45, 7) is 0. The molecule has 0 aliphatic carbocycles. The molecule has 0 aliphatic rings. The Morgan fingerprint density at radius 1 is 1.15 bits per heavy atom. The van der Waals surface area contributed by atoms with E-state index in [1.54, 1.807) is 0 Å². The zero-order valence-electron chi connectivity index (χ0n) is 12.4. The van der Waals surface area contributed by atoms with Crippen molar-refractivity contribution in [1.29, 1.82) is 0 Å². The van der Waals surface area contributed by atoms with E-state index in [-0.39, 0.29) is 10.3 Å². The van der Waals surface area contributed by atoms with Crippen LogP contribution in [0.1, 0.15) is 9.67 Å². The Labute approximate surface area is 150 Å². The Bertz CT molecular complexity index is 935. The molecule has 0 saturated carbocycles. The smallest absolute Gasteiger partial charge is 0.465 e. The van der Waals surface area contributed by atoms with Crippen molar-refractivity contribution >= 4 is 55.1 Å². The minimum atomic E-state index is -6.32.